The highest BCUT2D eigenvalue weighted by Gasteiger charge is 2.31. The zero-order valence-electron chi connectivity index (χ0n) is 16.9. The smallest absolute Gasteiger partial charge is 0.426 e. The van der Waals surface area contributed by atoms with Gasteiger partial charge in [-0.25, -0.2) is 15.0 Å². The highest BCUT2D eigenvalue weighted by atomic mass is 16.6. The molecule has 0 aromatic heterocycles. The predicted octanol–water partition coefficient (Wildman–Crippen LogP) is 2.00. The summed E-state index contributed by atoms with van der Waals surface area (Å²) in [7, 11) is 1.28. The predicted molar refractivity (Wildman–Crippen MR) is 105 cm³/mol. The second-order valence-electron chi connectivity index (χ2n) is 6.89. The molecule has 0 spiro atoms. The first kappa shape index (κ1) is 23.0. The number of ether oxygens (including phenoxy) is 2. The van der Waals surface area contributed by atoms with E-state index in [0.717, 1.165) is 10.6 Å². The Hall–Kier alpha value is -3.30. The fourth-order valence-corrected chi connectivity index (χ4v) is 3.11. The number of carboxylic acid groups (broad SMARTS) is 1. The van der Waals surface area contributed by atoms with E-state index >= 15 is 0 Å². The summed E-state index contributed by atoms with van der Waals surface area (Å²) in [6.45, 7) is 0.655. The Labute approximate surface area is 174 Å². The number of likely N-dealkylation sites (tertiary alicyclic amines) is 1. The molecule has 2 N–H and O–H groups in total. The van der Waals surface area contributed by atoms with E-state index in [2.05, 4.69) is 10.2 Å². The molecule has 1 aliphatic heterocycles. The van der Waals surface area contributed by atoms with Crippen LogP contribution in [0.1, 0.15) is 31.2 Å². The van der Waals surface area contributed by atoms with Crippen molar-refractivity contribution in [3.8, 4) is 0 Å². The summed E-state index contributed by atoms with van der Waals surface area (Å²) in [6.07, 6.45) is -0.686. The van der Waals surface area contributed by atoms with Crippen LogP contribution in [-0.4, -0.2) is 65.8 Å². The van der Waals surface area contributed by atoms with Gasteiger partial charge in [0.1, 0.15) is 6.61 Å². The van der Waals surface area contributed by atoms with Crippen molar-refractivity contribution in [1.29, 1.82) is 0 Å². The zero-order chi connectivity index (χ0) is 21.9. The van der Waals surface area contributed by atoms with Gasteiger partial charge < -0.3 is 19.5 Å². The quantitative estimate of drug-likeness (QED) is 0.509. The molecule has 1 aliphatic rings. The molecule has 0 unspecified atom stereocenters. The van der Waals surface area contributed by atoms with Gasteiger partial charge in [-0.1, -0.05) is 30.3 Å². The molecule has 2 rings (SSSR count). The molecule has 1 aromatic rings. The van der Waals surface area contributed by atoms with Crippen LogP contribution in [0, 0.1) is 5.92 Å². The lowest BCUT2D eigenvalue weighted by atomic mass is 9.96. The molecule has 1 heterocycles. The van der Waals surface area contributed by atoms with E-state index in [0.29, 0.717) is 19.3 Å². The molecule has 1 saturated heterocycles. The van der Waals surface area contributed by atoms with Crippen molar-refractivity contribution in [3.05, 3.63) is 35.9 Å². The Kier molecular flexibility index (Phi) is 8.92. The van der Waals surface area contributed by atoms with Crippen molar-refractivity contribution < 1.29 is 33.8 Å². The zero-order valence-corrected chi connectivity index (χ0v) is 16.9. The van der Waals surface area contributed by atoms with Crippen LogP contribution in [0.5, 0.6) is 0 Å². The molecule has 30 heavy (non-hydrogen) atoms. The van der Waals surface area contributed by atoms with Crippen LogP contribution in [-0.2, 0) is 25.7 Å². The van der Waals surface area contributed by atoms with Crippen LogP contribution in [0.4, 0.5) is 9.59 Å². The average molecular weight is 421 g/mol. The molecule has 1 aromatic carbocycles. The summed E-state index contributed by atoms with van der Waals surface area (Å²) in [5.41, 5.74) is 3.25. The van der Waals surface area contributed by atoms with Gasteiger partial charge in [-0.05, 0) is 24.8 Å². The number of esters is 1. The Bertz CT molecular complexity index is 733. The van der Waals surface area contributed by atoms with Crippen molar-refractivity contribution in [2.24, 2.45) is 5.92 Å². The van der Waals surface area contributed by atoms with Crippen LogP contribution >= 0.6 is 0 Å². The van der Waals surface area contributed by atoms with Gasteiger partial charge in [0.05, 0.1) is 7.11 Å². The highest BCUT2D eigenvalue weighted by molar-refractivity contribution is 5.81. The third kappa shape index (κ3) is 7.26. The average Bonchev–Trinajstić information content (AvgIpc) is 2.77. The Balaban J connectivity index is 1.93. The number of hydrogen-bond acceptors (Lipinski definition) is 6. The number of carbonyl (C=O) groups is 4. The third-order valence-corrected chi connectivity index (χ3v) is 4.81. The number of methoxy groups -OCH3 is 1. The van der Waals surface area contributed by atoms with E-state index in [1.54, 1.807) is 0 Å². The lowest BCUT2D eigenvalue weighted by molar-refractivity contribution is -0.143. The van der Waals surface area contributed by atoms with Gasteiger partial charge in [0, 0.05) is 32.0 Å². The Morgan fingerprint density at radius 1 is 1.17 bits per heavy atom. The molecular formula is C20H27N3O7. The first-order valence-electron chi connectivity index (χ1n) is 9.74. The number of hydrogen-bond donors (Lipinski definition) is 2. The summed E-state index contributed by atoms with van der Waals surface area (Å²) in [6, 6.07) is 9.11. The van der Waals surface area contributed by atoms with E-state index < -0.39 is 24.1 Å². The molecule has 3 amide bonds. The second-order valence-corrected chi connectivity index (χ2v) is 6.89. The molecule has 0 saturated carbocycles. The number of piperidine rings is 1. The largest absolute Gasteiger partial charge is 0.469 e. The number of hydrazine groups is 1. The summed E-state index contributed by atoms with van der Waals surface area (Å²) in [5, 5.41) is 10.2. The number of benzene rings is 1. The molecule has 164 valence electrons. The minimum atomic E-state index is -1.02. The third-order valence-electron chi connectivity index (χ3n) is 4.81. The maximum Gasteiger partial charge on any atom is 0.426 e. The van der Waals surface area contributed by atoms with Crippen LogP contribution in [0.3, 0.4) is 0 Å². The Morgan fingerprint density at radius 3 is 2.43 bits per heavy atom. The lowest BCUT2D eigenvalue weighted by Gasteiger charge is -2.32. The second kappa shape index (κ2) is 11.6. The van der Waals surface area contributed by atoms with Crippen molar-refractivity contribution >= 4 is 24.1 Å². The van der Waals surface area contributed by atoms with E-state index in [-0.39, 0.29) is 38.6 Å². The summed E-state index contributed by atoms with van der Waals surface area (Å²) in [4.78, 5) is 48.8. The topological polar surface area (TPSA) is 125 Å². The van der Waals surface area contributed by atoms with Gasteiger partial charge in [0.15, 0.2) is 0 Å². The molecule has 0 radical (unpaired) electrons. The van der Waals surface area contributed by atoms with E-state index in [1.165, 1.54) is 12.0 Å². The normalized spacial score (nSPS) is 14.0. The molecule has 10 nitrogen and oxygen atoms in total. The molecule has 0 aliphatic carbocycles. The van der Waals surface area contributed by atoms with Gasteiger partial charge in [-0.15, -0.1) is 0 Å². The van der Waals surface area contributed by atoms with Crippen molar-refractivity contribution in [2.45, 2.75) is 32.3 Å². The summed E-state index contributed by atoms with van der Waals surface area (Å²) >= 11 is 0. The standard InChI is InChI=1S/C20H27N3O7/c1-29-17(24)8-5-11-23(18(25)16-9-12-22(13-10-16)20(27)28)21-19(26)30-14-15-6-3-2-4-7-15/h2-4,6-7,16H,5,8-14H2,1H3,(H,21,26)(H,27,28). The molecule has 10 heteroatoms. The van der Waals surface area contributed by atoms with E-state index in [4.69, 9.17) is 9.84 Å². The van der Waals surface area contributed by atoms with Gasteiger partial charge in [-0.3, -0.25) is 14.6 Å². The lowest BCUT2D eigenvalue weighted by Crippen LogP contribution is -2.51. The number of carbonyl (C=O) groups excluding carboxylic acids is 3. The molecule has 1 fully saturated rings. The van der Waals surface area contributed by atoms with Crippen LogP contribution in [0.25, 0.3) is 0 Å². The maximum absolute atomic E-state index is 12.9. The molecular weight excluding hydrogens is 394 g/mol. The monoisotopic (exact) mass is 421 g/mol. The Morgan fingerprint density at radius 2 is 1.83 bits per heavy atom. The number of rotatable bonds is 7. The number of nitrogens with one attached hydrogen (secondary N) is 1. The van der Waals surface area contributed by atoms with E-state index in [9.17, 15) is 19.2 Å². The van der Waals surface area contributed by atoms with Crippen LogP contribution in [0.2, 0.25) is 0 Å². The van der Waals surface area contributed by atoms with Crippen LogP contribution < -0.4 is 5.43 Å². The van der Waals surface area contributed by atoms with Gasteiger partial charge in [0.25, 0.3) is 0 Å². The molecule has 0 bridgehead atoms. The van der Waals surface area contributed by atoms with Gasteiger partial charge in [-0.2, -0.15) is 0 Å². The number of nitrogens with zero attached hydrogens (tertiary/aromatic N) is 2. The van der Waals surface area contributed by atoms with Gasteiger partial charge >= 0.3 is 18.2 Å². The van der Waals surface area contributed by atoms with E-state index in [1.807, 2.05) is 30.3 Å². The minimum absolute atomic E-state index is 0.0495. The minimum Gasteiger partial charge on any atom is -0.469 e. The maximum atomic E-state index is 12.9. The first-order valence-corrected chi connectivity index (χ1v) is 9.74. The fraction of sp³-hybridized carbons (Fsp3) is 0.500. The summed E-state index contributed by atoms with van der Waals surface area (Å²) < 4.78 is 9.77. The van der Waals surface area contributed by atoms with Crippen LogP contribution in [0.15, 0.2) is 30.3 Å². The fourth-order valence-electron chi connectivity index (χ4n) is 3.11. The molecule has 0 atom stereocenters. The van der Waals surface area contributed by atoms with Gasteiger partial charge in [0.2, 0.25) is 5.91 Å². The van der Waals surface area contributed by atoms with Crippen molar-refractivity contribution in [2.75, 3.05) is 26.7 Å². The van der Waals surface area contributed by atoms with Crippen molar-refractivity contribution in [1.82, 2.24) is 15.3 Å². The highest BCUT2D eigenvalue weighted by Crippen LogP contribution is 2.19. The van der Waals surface area contributed by atoms with Crippen molar-refractivity contribution in [3.63, 3.8) is 0 Å². The number of amides is 3. The first-order chi connectivity index (χ1) is 14.4. The summed E-state index contributed by atoms with van der Waals surface area (Å²) in [5.74, 6) is -1.17. The SMILES string of the molecule is COC(=O)CCCN(NC(=O)OCc1ccccc1)C(=O)C1CCN(C(=O)O)CC1.